The number of nitrogens with zero attached hydrogens (tertiary/aromatic N) is 2. The molecule has 6 nitrogen and oxygen atoms in total. The van der Waals surface area contributed by atoms with E-state index in [1.54, 1.807) is 11.0 Å². The van der Waals surface area contributed by atoms with Crippen LogP contribution in [0.25, 0.3) is 0 Å². The topological polar surface area (TPSA) is 78.6 Å². The molecule has 2 heterocycles. The number of hydrogen-bond acceptors (Lipinski definition) is 5. The van der Waals surface area contributed by atoms with Gasteiger partial charge in [0.05, 0.1) is 5.69 Å². The fourth-order valence-electron chi connectivity index (χ4n) is 2.68. The standard InChI is InChI=1S/C15H25N3O3/c1-14(2,3)11-18-7-4-6-15(20,13(18)19)10-16-9-12-5-8-21-17-12/h5,8,16,20H,4,6-7,9-11H2,1-3H3. The van der Waals surface area contributed by atoms with Crippen LogP contribution in [0.5, 0.6) is 0 Å². The second kappa shape index (κ2) is 6.15. The largest absolute Gasteiger partial charge is 0.379 e. The number of carbonyl (C=O) groups excluding carboxylic acids is 1. The Bertz CT molecular complexity index is 467. The Labute approximate surface area is 125 Å². The maximum atomic E-state index is 12.5. The molecule has 21 heavy (non-hydrogen) atoms. The van der Waals surface area contributed by atoms with Crippen molar-refractivity contribution in [1.29, 1.82) is 0 Å². The normalized spacial score (nSPS) is 23.6. The number of carbonyl (C=O) groups is 1. The van der Waals surface area contributed by atoms with Crippen molar-refractivity contribution in [2.24, 2.45) is 5.41 Å². The van der Waals surface area contributed by atoms with E-state index in [-0.39, 0.29) is 17.9 Å². The first-order valence-corrected chi connectivity index (χ1v) is 7.42. The van der Waals surface area contributed by atoms with Crippen molar-refractivity contribution >= 4 is 5.91 Å². The molecule has 118 valence electrons. The summed E-state index contributed by atoms with van der Waals surface area (Å²) in [6.07, 6.45) is 2.82. The Balaban J connectivity index is 1.91. The van der Waals surface area contributed by atoms with Gasteiger partial charge in [-0.25, -0.2) is 0 Å². The van der Waals surface area contributed by atoms with Crippen molar-refractivity contribution < 1.29 is 14.4 Å². The first-order valence-electron chi connectivity index (χ1n) is 7.42. The highest BCUT2D eigenvalue weighted by atomic mass is 16.5. The minimum Gasteiger partial charge on any atom is -0.379 e. The third-order valence-corrected chi connectivity index (χ3v) is 3.58. The quantitative estimate of drug-likeness (QED) is 0.852. The van der Waals surface area contributed by atoms with Crippen LogP contribution in [0, 0.1) is 5.41 Å². The van der Waals surface area contributed by atoms with Gasteiger partial charge in [-0.2, -0.15) is 0 Å². The molecular formula is C15H25N3O3. The highest BCUT2D eigenvalue weighted by molar-refractivity contribution is 5.86. The highest BCUT2D eigenvalue weighted by Crippen LogP contribution is 2.25. The molecule has 1 aliphatic rings. The summed E-state index contributed by atoms with van der Waals surface area (Å²) in [6.45, 7) is 8.38. The summed E-state index contributed by atoms with van der Waals surface area (Å²) >= 11 is 0. The van der Waals surface area contributed by atoms with Gasteiger partial charge in [0.15, 0.2) is 5.60 Å². The Morgan fingerprint density at radius 3 is 2.90 bits per heavy atom. The Morgan fingerprint density at radius 1 is 1.52 bits per heavy atom. The van der Waals surface area contributed by atoms with Gasteiger partial charge in [0.25, 0.3) is 5.91 Å². The lowest BCUT2D eigenvalue weighted by molar-refractivity contribution is -0.158. The van der Waals surface area contributed by atoms with Crippen molar-refractivity contribution in [3.8, 4) is 0 Å². The van der Waals surface area contributed by atoms with Gasteiger partial charge in [0.2, 0.25) is 0 Å². The predicted octanol–water partition coefficient (Wildman–Crippen LogP) is 1.16. The molecule has 6 heteroatoms. The fourth-order valence-corrected chi connectivity index (χ4v) is 2.68. The second-order valence-corrected chi connectivity index (χ2v) is 7.02. The number of piperidine rings is 1. The Morgan fingerprint density at radius 2 is 2.29 bits per heavy atom. The van der Waals surface area contributed by atoms with E-state index in [2.05, 4.69) is 31.2 Å². The predicted molar refractivity (Wildman–Crippen MR) is 78.4 cm³/mol. The zero-order valence-electron chi connectivity index (χ0n) is 13.1. The average Bonchev–Trinajstić information content (AvgIpc) is 2.87. The van der Waals surface area contributed by atoms with Crippen LogP contribution in [0.15, 0.2) is 16.9 Å². The smallest absolute Gasteiger partial charge is 0.255 e. The maximum absolute atomic E-state index is 12.5. The van der Waals surface area contributed by atoms with Crippen LogP contribution < -0.4 is 5.32 Å². The number of amides is 1. The third-order valence-electron chi connectivity index (χ3n) is 3.58. The van der Waals surface area contributed by atoms with Gasteiger partial charge in [-0.05, 0) is 18.3 Å². The summed E-state index contributed by atoms with van der Waals surface area (Å²) in [4.78, 5) is 14.3. The third kappa shape index (κ3) is 4.28. The molecule has 2 rings (SSSR count). The molecule has 1 amide bonds. The van der Waals surface area contributed by atoms with Gasteiger partial charge < -0.3 is 19.8 Å². The summed E-state index contributed by atoms with van der Waals surface area (Å²) in [5, 5.41) is 17.5. The lowest BCUT2D eigenvalue weighted by Gasteiger charge is -2.40. The molecule has 1 aromatic rings. The van der Waals surface area contributed by atoms with Gasteiger partial charge in [0.1, 0.15) is 6.26 Å². The van der Waals surface area contributed by atoms with Crippen LogP contribution >= 0.6 is 0 Å². The van der Waals surface area contributed by atoms with Gasteiger partial charge in [-0.3, -0.25) is 4.79 Å². The molecule has 1 atom stereocenters. The van der Waals surface area contributed by atoms with Crippen LogP contribution in [-0.4, -0.2) is 46.3 Å². The molecule has 1 saturated heterocycles. The Kier molecular flexibility index (Phi) is 4.68. The molecule has 1 aliphatic heterocycles. The number of aliphatic hydroxyl groups is 1. The molecule has 0 radical (unpaired) electrons. The first kappa shape index (κ1) is 16.0. The summed E-state index contributed by atoms with van der Waals surface area (Å²) in [7, 11) is 0. The summed E-state index contributed by atoms with van der Waals surface area (Å²) in [5.41, 5.74) is -0.525. The molecule has 1 fully saturated rings. The Hall–Kier alpha value is -1.40. The number of hydrogen-bond donors (Lipinski definition) is 2. The number of aromatic nitrogens is 1. The maximum Gasteiger partial charge on any atom is 0.255 e. The SMILES string of the molecule is CC(C)(C)CN1CCCC(O)(CNCc2ccon2)C1=O. The number of nitrogens with one attached hydrogen (secondary N) is 1. The molecule has 1 unspecified atom stereocenters. The van der Waals surface area contributed by atoms with Crippen LogP contribution in [0.3, 0.4) is 0 Å². The van der Waals surface area contributed by atoms with Gasteiger partial charge in [0, 0.05) is 32.2 Å². The van der Waals surface area contributed by atoms with Crippen molar-refractivity contribution in [3.63, 3.8) is 0 Å². The van der Waals surface area contributed by atoms with E-state index in [1.807, 2.05) is 0 Å². The molecule has 0 aromatic carbocycles. The molecule has 0 saturated carbocycles. The first-order chi connectivity index (χ1) is 9.80. The van der Waals surface area contributed by atoms with Gasteiger partial charge in [-0.1, -0.05) is 25.9 Å². The fraction of sp³-hybridized carbons (Fsp3) is 0.733. The average molecular weight is 295 g/mol. The summed E-state index contributed by atoms with van der Waals surface area (Å²) < 4.78 is 4.75. The monoisotopic (exact) mass is 295 g/mol. The van der Waals surface area contributed by atoms with Crippen molar-refractivity contribution in [2.75, 3.05) is 19.6 Å². The van der Waals surface area contributed by atoms with Gasteiger partial charge >= 0.3 is 0 Å². The highest BCUT2D eigenvalue weighted by Gasteiger charge is 2.42. The lowest BCUT2D eigenvalue weighted by atomic mass is 9.88. The number of likely N-dealkylation sites (tertiary alicyclic amines) is 1. The minimum absolute atomic E-state index is 0.0298. The molecule has 1 aromatic heterocycles. The van der Waals surface area contributed by atoms with E-state index in [4.69, 9.17) is 4.52 Å². The van der Waals surface area contributed by atoms with Crippen LogP contribution in [-0.2, 0) is 11.3 Å². The van der Waals surface area contributed by atoms with Crippen LogP contribution in [0.1, 0.15) is 39.3 Å². The van der Waals surface area contributed by atoms with Crippen molar-refractivity contribution in [2.45, 2.75) is 45.8 Å². The molecule has 0 spiro atoms. The molecular weight excluding hydrogens is 270 g/mol. The van der Waals surface area contributed by atoms with E-state index in [0.717, 1.165) is 18.7 Å². The summed E-state index contributed by atoms with van der Waals surface area (Å²) in [5.74, 6) is -0.170. The van der Waals surface area contributed by atoms with Crippen molar-refractivity contribution in [3.05, 3.63) is 18.0 Å². The van der Waals surface area contributed by atoms with E-state index in [1.165, 1.54) is 6.26 Å². The van der Waals surface area contributed by atoms with Crippen LogP contribution in [0.2, 0.25) is 0 Å². The minimum atomic E-state index is -1.31. The van der Waals surface area contributed by atoms with Gasteiger partial charge in [-0.15, -0.1) is 0 Å². The second-order valence-electron chi connectivity index (χ2n) is 7.02. The molecule has 0 aliphatic carbocycles. The zero-order chi connectivity index (χ0) is 15.5. The molecule has 0 bridgehead atoms. The number of rotatable bonds is 5. The van der Waals surface area contributed by atoms with E-state index in [0.29, 0.717) is 19.5 Å². The lowest BCUT2D eigenvalue weighted by Crippen LogP contribution is -2.59. The van der Waals surface area contributed by atoms with Crippen molar-refractivity contribution in [1.82, 2.24) is 15.4 Å². The van der Waals surface area contributed by atoms with E-state index in [9.17, 15) is 9.90 Å². The van der Waals surface area contributed by atoms with E-state index >= 15 is 0 Å². The zero-order valence-corrected chi connectivity index (χ0v) is 13.1. The summed E-state index contributed by atoms with van der Waals surface area (Å²) in [6, 6.07) is 1.76. The molecule has 2 N–H and O–H groups in total. The van der Waals surface area contributed by atoms with E-state index < -0.39 is 5.60 Å². The van der Waals surface area contributed by atoms with Crippen LogP contribution in [0.4, 0.5) is 0 Å².